The first-order valence-electron chi connectivity index (χ1n) is 7.45. The van der Waals surface area contributed by atoms with Gasteiger partial charge >= 0.3 is 6.85 Å². The maximum absolute atomic E-state index is 5.37. The highest BCUT2D eigenvalue weighted by atomic mass is 16.5. The van der Waals surface area contributed by atoms with Crippen LogP contribution in [0.4, 0.5) is 5.69 Å². The van der Waals surface area contributed by atoms with E-state index in [-0.39, 0.29) is 6.85 Å². The molecular weight excluding hydrogens is 269 g/mol. The lowest BCUT2D eigenvalue weighted by atomic mass is 9.48. The summed E-state index contributed by atoms with van der Waals surface area (Å²) in [6.45, 7) is 0.164. The minimum Gasteiger partial charge on any atom is -0.497 e. The van der Waals surface area contributed by atoms with E-state index in [9.17, 15) is 0 Å². The number of fused-ring (bicyclic) bond motifs is 3. The number of hydrogen-bond donors (Lipinski definition) is 1. The van der Waals surface area contributed by atoms with Crippen molar-refractivity contribution in [3.05, 3.63) is 72.8 Å². The number of rotatable bonds is 2. The van der Waals surface area contributed by atoms with E-state index in [2.05, 4.69) is 72.0 Å². The lowest BCUT2D eigenvalue weighted by molar-refractivity contribution is 0.415. The van der Waals surface area contributed by atoms with Gasteiger partial charge in [-0.1, -0.05) is 60.1 Å². The molecule has 22 heavy (non-hydrogen) atoms. The zero-order chi connectivity index (χ0) is 14.9. The van der Waals surface area contributed by atoms with E-state index in [0.717, 1.165) is 11.4 Å². The first-order chi connectivity index (χ1) is 10.9. The summed E-state index contributed by atoms with van der Waals surface area (Å²) in [5, 5.41) is 3.66. The molecule has 3 aromatic rings. The van der Waals surface area contributed by atoms with Gasteiger partial charge < -0.3 is 9.96 Å². The fraction of sp³-hybridized carbons (Fsp3) is 0.0526. The van der Waals surface area contributed by atoms with E-state index in [1.165, 1.54) is 22.1 Å². The second-order valence-corrected chi connectivity index (χ2v) is 5.49. The van der Waals surface area contributed by atoms with Crippen LogP contribution in [-0.4, -0.2) is 14.0 Å². The van der Waals surface area contributed by atoms with Crippen LogP contribution in [0.1, 0.15) is 0 Å². The van der Waals surface area contributed by atoms with Crippen LogP contribution in [-0.2, 0) is 0 Å². The van der Waals surface area contributed by atoms with Crippen molar-refractivity contribution in [2.75, 3.05) is 12.3 Å². The van der Waals surface area contributed by atoms with Crippen LogP contribution in [0.25, 0.3) is 11.1 Å². The molecule has 0 fully saturated rings. The predicted octanol–water partition coefficient (Wildman–Crippen LogP) is 2.89. The molecule has 0 spiro atoms. The van der Waals surface area contributed by atoms with E-state index >= 15 is 0 Å². The van der Waals surface area contributed by atoms with Crippen LogP contribution in [0.5, 0.6) is 5.75 Å². The molecule has 0 atom stereocenters. The average molecular weight is 285 g/mol. The molecule has 0 radical (unpaired) electrons. The van der Waals surface area contributed by atoms with Gasteiger partial charge in [-0.2, -0.15) is 0 Å². The van der Waals surface area contributed by atoms with Crippen molar-refractivity contribution in [3.8, 4) is 16.9 Å². The van der Waals surface area contributed by atoms with Gasteiger partial charge in [0.05, 0.1) is 7.11 Å². The van der Waals surface area contributed by atoms with Crippen molar-refractivity contribution in [2.45, 2.75) is 0 Å². The smallest absolute Gasteiger partial charge is 0.321 e. The molecule has 1 N–H and O–H groups in total. The summed E-state index contributed by atoms with van der Waals surface area (Å²) >= 11 is 0. The standard InChI is InChI=1S/C19H16BNO/c1-22-15-11-12-17-16-9-5-6-10-18(16)20(21-19(17)13-15)14-7-3-2-4-8-14/h2-13,21H,1H3. The average Bonchev–Trinajstić information content (AvgIpc) is 2.61. The Morgan fingerprint density at radius 2 is 1.59 bits per heavy atom. The molecule has 0 saturated heterocycles. The Bertz CT molecular complexity index is 817. The van der Waals surface area contributed by atoms with Gasteiger partial charge in [-0.3, -0.25) is 0 Å². The van der Waals surface area contributed by atoms with E-state index in [1.54, 1.807) is 7.11 Å². The second kappa shape index (κ2) is 5.26. The maximum atomic E-state index is 5.37. The molecule has 106 valence electrons. The first kappa shape index (κ1) is 13.0. The highest BCUT2D eigenvalue weighted by Gasteiger charge is 2.29. The minimum absolute atomic E-state index is 0.164. The van der Waals surface area contributed by atoms with Gasteiger partial charge in [-0.15, -0.1) is 0 Å². The third-order valence-electron chi connectivity index (χ3n) is 4.22. The number of hydrogen-bond acceptors (Lipinski definition) is 2. The van der Waals surface area contributed by atoms with Gasteiger partial charge in [-0.05, 0) is 23.2 Å². The number of nitrogens with one attached hydrogen (secondary N) is 1. The fourth-order valence-electron chi connectivity index (χ4n) is 3.14. The lowest BCUT2D eigenvalue weighted by Crippen LogP contribution is -2.51. The highest BCUT2D eigenvalue weighted by molar-refractivity contribution is 6.89. The Morgan fingerprint density at radius 3 is 2.41 bits per heavy atom. The molecule has 3 heteroatoms. The van der Waals surface area contributed by atoms with E-state index in [0.29, 0.717) is 0 Å². The van der Waals surface area contributed by atoms with Crippen molar-refractivity contribution in [1.29, 1.82) is 0 Å². The quantitative estimate of drug-likeness (QED) is 0.731. The minimum atomic E-state index is 0.164. The van der Waals surface area contributed by atoms with Gasteiger partial charge in [0, 0.05) is 17.3 Å². The Hall–Kier alpha value is -2.68. The molecule has 3 aromatic carbocycles. The molecule has 0 bridgehead atoms. The molecule has 0 unspecified atom stereocenters. The van der Waals surface area contributed by atoms with Crippen LogP contribution in [0.2, 0.25) is 0 Å². The maximum Gasteiger partial charge on any atom is 0.321 e. The van der Waals surface area contributed by atoms with Crippen molar-refractivity contribution in [1.82, 2.24) is 0 Å². The summed E-state index contributed by atoms with van der Waals surface area (Å²) in [4.78, 5) is 0. The topological polar surface area (TPSA) is 21.3 Å². The predicted molar refractivity (Wildman–Crippen MR) is 93.5 cm³/mol. The fourth-order valence-corrected chi connectivity index (χ4v) is 3.14. The second-order valence-electron chi connectivity index (χ2n) is 5.49. The summed E-state index contributed by atoms with van der Waals surface area (Å²) in [5.41, 5.74) is 6.21. The first-order valence-corrected chi connectivity index (χ1v) is 7.45. The number of ether oxygens (including phenoxy) is 1. The third-order valence-corrected chi connectivity index (χ3v) is 4.22. The van der Waals surface area contributed by atoms with Gasteiger partial charge in [0.15, 0.2) is 0 Å². The molecule has 1 aliphatic rings. The molecule has 1 heterocycles. The molecule has 0 amide bonds. The van der Waals surface area contributed by atoms with E-state index < -0.39 is 0 Å². The van der Waals surface area contributed by atoms with Gasteiger partial charge in [-0.25, -0.2) is 0 Å². The molecule has 0 aliphatic carbocycles. The molecule has 0 saturated carbocycles. The van der Waals surface area contributed by atoms with Crippen molar-refractivity contribution in [2.24, 2.45) is 0 Å². The highest BCUT2D eigenvalue weighted by Crippen LogP contribution is 2.33. The van der Waals surface area contributed by atoms with Crippen LogP contribution in [0.3, 0.4) is 0 Å². The number of anilines is 1. The molecule has 0 aromatic heterocycles. The van der Waals surface area contributed by atoms with Gasteiger partial charge in [0.1, 0.15) is 5.75 Å². The monoisotopic (exact) mass is 285 g/mol. The normalized spacial score (nSPS) is 12.1. The summed E-state index contributed by atoms with van der Waals surface area (Å²) < 4.78 is 5.37. The molecule has 2 nitrogen and oxygen atoms in total. The molecule has 1 aliphatic heterocycles. The van der Waals surface area contributed by atoms with Crippen molar-refractivity contribution in [3.63, 3.8) is 0 Å². The zero-order valence-corrected chi connectivity index (χ0v) is 12.4. The molecular formula is C19H16BNO. The van der Waals surface area contributed by atoms with E-state index in [1.807, 2.05) is 6.07 Å². The molecule has 4 rings (SSSR count). The Balaban J connectivity index is 1.90. The zero-order valence-electron chi connectivity index (χ0n) is 12.4. The van der Waals surface area contributed by atoms with Gasteiger partial charge in [0.25, 0.3) is 0 Å². The van der Waals surface area contributed by atoms with E-state index in [4.69, 9.17) is 4.74 Å². The Kier molecular flexibility index (Phi) is 3.12. The Morgan fingerprint density at radius 1 is 0.818 bits per heavy atom. The summed E-state index contributed by atoms with van der Waals surface area (Å²) in [6.07, 6.45) is 0. The Labute approximate surface area is 130 Å². The summed E-state index contributed by atoms with van der Waals surface area (Å²) in [5.74, 6) is 0.873. The van der Waals surface area contributed by atoms with Crippen LogP contribution in [0, 0.1) is 0 Å². The number of methoxy groups -OCH3 is 1. The largest absolute Gasteiger partial charge is 0.497 e. The third kappa shape index (κ3) is 2.06. The van der Waals surface area contributed by atoms with Crippen molar-refractivity contribution >= 4 is 23.5 Å². The SMILES string of the molecule is COc1ccc2c(c1)NB(c1ccccc1)c1ccccc1-2. The summed E-state index contributed by atoms with van der Waals surface area (Å²) in [7, 11) is 1.70. The lowest BCUT2D eigenvalue weighted by Gasteiger charge is -2.28. The summed E-state index contributed by atoms with van der Waals surface area (Å²) in [6, 6.07) is 25.4. The number of benzene rings is 3. The van der Waals surface area contributed by atoms with Crippen LogP contribution < -0.4 is 20.9 Å². The van der Waals surface area contributed by atoms with Crippen LogP contribution >= 0.6 is 0 Å². The van der Waals surface area contributed by atoms with Crippen LogP contribution in [0.15, 0.2) is 72.8 Å². The van der Waals surface area contributed by atoms with Crippen molar-refractivity contribution < 1.29 is 4.74 Å². The van der Waals surface area contributed by atoms with Gasteiger partial charge in [0.2, 0.25) is 0 Å².